The first-order chi connectivity index (χ1) is 15.5. The predicted octanol–water partition coefficient (Wildman–Crippen LogP) is 2.71. The SMILES string of the molecule is Cc1cnccc1C(=O)N1CCc2nc(C3CCCN3C(=O)c3cccs3)[nH]c(=O)c2C1. The van der Waals surface area contributed by atoms with Crippen LogP contribution >= 0.6 is 11.3 Å². The molecule has 3 aromatic rings. The van der Waals surface area contributed by atoms with Gasteiger partial charge in [-0.15, -0.1) is 11.3 Å². The van der Waals surface area contributed by atoms with Crippen molar-refractivity contribution in [2.45, 2.75) is 38.8 Å². The summed E-state index contributed by atoms with van der Waals surface area (Å²) in [6.07, 6.45) is 5.41. The number of fused-ring (bicyclic) bond motifs is 1. The minimum Gasteiger partial charge on any atom is -0.334 e. The van der Waals surface area contributed by atoms with Crippen molar-refractivity contribution in [1.82, 2.24) is 24.8 Å². The van der Waals surface area contributed by atoms with E-state index in [0.717, 1.165) is 24.1 Å². The van der Waals surface area contributed by atoms with Crippen molar-refractivity contribution in [2.75, 3.05) is 13.1 Å². The molecule has 9 heteroatoms. The van der Waals surface area contributed by atoms with Crippen LogP contribution < -0.4 is 5.56 Å². The first-order valence-electron chi connectivity index (χ1n) is 10.7. The van der Waals surface area contributed by atoms with Crippen LogP contribution in [0.3, 0.4) is 0 Å². The van der Waals surface area contributed by atoms with Gasteiger partial charge in [0.25, 0.3) is 17.4 Å². The number of H-pyrrole nitrogens is 1. The van der Waals surface area contributed by atoms with E-state index in [1.54, 1.807) is 28.3 Å². The number of hydrogen-bond acceptors (Lipinski definition) is 6. The maximum atomic E-state index is 13.0. The molecule has 0 aromatic carbocycles. The highest BCUT2D eigenvalue weighted by molar-refractivity contribution is 7.12. The standard InChI is InChI=1S/C23H23N5O3S/c1-14-12-24-8-6-15(14)22(30)27-10-7-17-16(13-27)21(29)26-20(25-17)18-4-2-9-28(18)23(31)19-5-3-11-32-19/h3,5-6,8,11-12,18H,2,4,7,9-10,13H2,1H3,(H,25,26,29). The first kappa shape index (κ1) is 20.6. The van der Waals surface area contributed by atoms with Crippen LogP contribution in [0.2, 0.25) is 0 Å². The van der Waals surface area contributed by atoms with E-state index >= 15 is 0 Å². The summed E-state index contributed by atoms with van der Waals surface area (Å²) in [4.78, 5) is 54.8. The molecule has 164 valence electrons. The van der Waals surface area contributed by atoms with E-state index in [2.05, 4.69) is 9.97 Å². The van der Waals surface area contributed by atoms with Crippen molar-refractivity contribution in [1.29, 1.82) is 0 Å². The maximum absolute atomic E-state index is 13.0. The lowest BCUT2D eigenvalue weighted by Gasteiger charge is -2.29. The molecule has 2 aliphatic heterocycles. The largest absolute Gasteiger partial charge is 0.334 e. The van der Waals surface area contributed by atoms with Gasteiger partial charge in [-0.2, -0.15) is 0 Å². The molecule has 1 unspecified atom stereocenters. The molecule has 0 aliphatic carbocycles. The Morgan fingerprint density at radius 2 is 2.09 bits per heavy atom. The topological polar surface area (TPSA) is 99.3 Å². The Morgan fingerprint density at radius 1 is 1.22 bits per heavy atom. The van der Waals surface area contributed by atoms with Crippen LogP contribution in [0.15, 0.2) is 40.8 Å². The number of thiophene rings is 1. The van der Waals surface area contributed by atoms with Crippen molar-refractivity contribution in [3.63, 3.8) is 0 Å². The maximum Gasteiger partial charge on any atom is 0.264 e. The average molecular weight is 450 g/mol. The fraction of sp³-hybridized carbons (Fsp3) is 0.348. The van der Waals surface area contributed by atoms with Gasteiger partial charge in [0.2, 0.25) is 0 Å². The second-order valence-corrected chi connectivity index (χ2v) is 9.13. The minimum atomic E-state index is -0.235. The molecule has 5 heterocycles. The van der Waals surface area contributed by atoms with Gasteiger partial charge >= 0.3 is 0 Å². The highest BCUT2D eigenvalue weighted by Gasteiger charge is 2.34. The van der Waals surface area contributed by atoms with Gasteiger partial charge in [0.05, 0.1) is 28.7 Å². The zero-order valence-corrected chi connectivity index (χ0v) is 18.5. The first-order valence-corrected chi connectivity index (χ1v) is 11.6. The van der Waals surface area contributed by atoms with Crippen LogP contribution in [0.25, 0.3) is 0 Å². The van der Waals surface area contributed by atoms with Crippen molar-refractivity contribution in [3.05, 3.63) is 79.4 Å². The van der Waals surface area contributed by atoms with Crippen LogP contribution in [-0.2, 0) is 13.0 Å². The van der Waals surface area contributed by atoms with Gasteiger partial charge in [0.15, 0.2) is 0 Å². The molecular formula is C23H23N5O3S. The van der Waals surface area contributed by atoms with Gasteiger partial charge in [-0.3, -0.25) is 19.4 Å². The molecule has 5 rings (SSSR count). The summed E-state index contributed by atoms with van der Waals surface area (Å²) in [5, 5.41) is 1.89. The second kappa shape index (κ2) is 8.31. The number of amides is 2. The van der Waals surface area contributed by atoms with Gasteiger partial charge in [0, 0.05) is 37.5 Å². The van der Waals surface area contributed by atoms with E-state index in [9.17, 15) is 14.4 Å². The van der Waals surface area contributed by atoms with Crippen molar-refractivity contribution in [3.8, 4) is 0 Å². The van der Waals surface area contributed by atoms with E-state index < -0.39 is 0 Å². The Labute approximate surface area is 188 Å². The van der Waals surface area contributed by atoms with Crippen molar-refractivity contribution < 1.29 is 9.59 Å². The summed E-state index contributed by atoms with van der Waals surface area (Å²) in [5.41, 5.74) is 2.41. The molecule has 2 aliphatic rings. The summed E-state index contributed by atoms with van der Waals surface area (Å²) in [5.74, 6) is 0.413. The molecule has 0 spiro atoms. The Hall–Kier alpha value is -3.33. The molecule has 0 radical (unpaired) electrons. The number of carbonyl (C=O) groups excluding carboxylic acids is 2. The van der Waals surface area contributed by atoms with Gasteiger partial charge in [-0.1, -0.05) is 6.07 Å². The zero-order chi connectivity index (χ0) is 22.2. The number of nitrogens with zero attached hydrogens (tertiary/aromatic N) is 4. The van der Waals surface area contributed by atoms with Gasteiger partial charge in [-0.25, -0.2) is 4.98 Å². The molecule has 3 aromatic heterocycles. The zero-order valence-electron chi connectivity index (χ0n) is 17.7. The summed E-state index contributed by atoms with van der Waals surface area (Å²) in [7, 11) is 0. The highest BCUT2D eigenvalue weighted by Crippen LogP contribution is 2.32. The number of likely N-dealkylation sites (tertiary alicyclic amines) is 1. The van der Waals surface area contributed by atoms with Crippen LogP contribution in [0, 0.1) is 6.92 Å². The van der Waals surface area contributed by atoms with E-state index in [1.807, 2.05) is 24.4 Å². The number of rotatable bonds is 3. The molecule has 0 bridgehead atoms. The molecule has 2 amide bonds. The molecule has 0 saturated carbocycles. The molecule has 8 nitrogen and oxygen atoms in total. The smallest absolute Gasteiger partial charge is 0.264 e. The van der Waals surface area contributed by atoms with Crippen LogP contribution in [0.4, 0.5) is 0 Å². The van der Waals surface area contributed by atoms with Crippen molar-refractivity contribution in [2.24, 2.45) is 0 Å². The lowest BCUT2D eigenvalue weighted by atomic mass is 10.0. The van der Waals surface area contributed by atoms with E-state index in [0.29, 0.717) is 41.3 Å². The molecule has 1 fully saturated rings. The van der Waals surface area contributed by atoms with E-state index in [4.69, 9.17) is 4.98 Å². The molecule has 32 heavy (non-hydrogen) atoms. The highest BCUT2D eigenvalue weighted by atomic mass is 32.1. The number of hydrogen-bond donors (Lipinski definition) is 1. The number of nitrogens with one attached hydrogen (secondary N) is 1. The van der Waals surface area contributed by atoms with Gasteiger partial charge in [0.1, 0.15) is 5.82 Å². The van der Waals surface area contributed by atoms with Gasteiger partial charge in [-0.05, 0) is 42.8 Å². The van der Waals surface area contributed by atoms with Crippen LogP contribution in [0.5, 0.6) is 0 Å². The second-order valence-electron chi connectivity index (χ2n) is 8.18. The predicted molar refractivity (Wildman–Crippen MR) is 120 cm³/mol. The summed E-state index contributed by atoms with van der Waals surface area (Å²) in [6.45, 7) is 3.21. The van der Waals surface area contributed by atoms with E-state index in [1.165, 1.54) is 11.3 Å². The van der Waals surface area contributed by atoms with Gasteiger partial charge < -0.3 is 14.8 Å². The number of carbonyl (C=O) groups is 2. The number of pyridine rings is 1. The molecular weight excluding hydrogens is 426 g/mol. The van der Waals surface area contributed by atoms with Crippen LogP contribution in [0.1, 0.15) is 61.6 Å². The summed E-state index contributed by atoms with van der Waals surface area (Å²) in [6, 6.07) is 5.16. The number of aromatic amines is 1. The molecule has 1 N–H and O–H groups in total. The lowest BCUT2D eigenvalue weighted by molar-refractivity contribution is 0.0718. The monoisotopic (exact) mass is 449 g/mol. The van der Waals surface area contributed by atoms with E-state index in [-0.39, 0.29) is 30.0 Å². The average Bonchev–Trinajstić information content (AvgIpc) is 3.51. The normalized spacial score (nSPS) is 18.0. The Balaban J connectivity index is 1.40. The molecule has 1 saturated heterocycles. The van der Waals surface area contributed by atoms with Crippen LogP contribution in [-0.4, -0.2) is 49.7 Å². The lowest BCUT2D eigenvalue weighted by Crippen LogP contribution is -2.41. The fourth-order valence-electron chi connectivity index (χ4n) is 4.49. The third-order valence-electron chi connectivity index (χ3n) is 6.19. The third kappa shape index (κ3) is 3.62. The summed E-state index contributed by atoms with van der Waals surface area (Å²) >= 11 is 1.42. The van der Waals surface area contributed by atoms with Crippen molar-refractivity contribution >= 4 is 23.2 Å². The molecule has 1 atom stereocenters. The Morgan fingerprint density at radius 3 is 2.88 bits per heavy atom. The number of aromatic nitrogens is 3. The fourth-order valence-corrected chi connectivity index (χ4v) is 5.17. The minimum absolute atomic E-state index is 0.0210. The summed E-state index contributed by atoms with van der Waals surface area (Å²) < 4.78 is 0. The quantitative estimate of drug-likeness (QED) is 0.663. The Bertz CT molecular complexity index is 1240. The third-order valence-corrected chi connectivity index (χ3v) is 7.04. The number of aryl methyl sites for hydroxylation is 1. The Kier molecular flexibility index (Phi) is 5.34.